The molecule has 0 radical (unpaired) electrons. The molecular formula is C13H18N2. The van der Waals surface area contributed by atoms with E-state index in [-0.39, 0.29) is 6.04 Å². The predicted octanol–water partition coefficient (Wildman–Crippen LogP) is 2.37. The van der Waals surface area contributed by atoms with E-state index >= 15 is 0 Å². The van der Waals surface area contributed by atoms with Crippen LogP contribution < -0.4 is 5.73 Å². The van der Waals surface area contributed by atoms with Crippen LogP contribution in [-0.4, -0.2) is 4.98 Å². The van der Waals surface area contributed by atoms with E-state index in [9.17, 15) is 0 Å². The molecule has 2 nitrogen and oxygen atoms in total. The van der Waals surface area contributed by atoms with Gasteiger partial charge in [-0.1, -0.05) is 6.07 Å². The molecule has 80 valence electrons. The summed E-state index contributed by atoms with van der Waals surface area (Å²) < 4.78 is 0. The van der Waals surface area contributed by atoms with E-state index in [2.05, 4.69) is 11.1 Å². The molecule has 0 bridgehead atoms. The first kappa shape index (κ1) is 9.34. The molecule has 15 heavy (non-hydrogen) atoms. The van der Waals surface area contributed by atoms with E-state index in [0.29, 0.717) is 0 Å². The summed E-state index contributed by atoms with van der Waals surface area (Å²) in [6.45, 7) is 0. The van der Waals surface area contributed by atoms with Crippen LogP contribution in [-0.2, 0) is 12.8 Å². The summed E-state index contributed by atoms with van der Waals surface area (Å²) in [6.07, 6.45) is 9.59. The van der Waals surface area contributed by atoms with Crippen molar-refractivity contribution in [2.75, 3.05) is 0 Å². The summed E-state index contributed by atoms with van der Waals surface area (Å²) >= 11 is 0. The highest BCUT2D eigenvalue weighted by Crippen LogP contribution is 2.39. The minimum atomic E-state index is 0.240. The zero-order chi connectivity index (χ0) is 10.3. The normalized spacial score (nSPS) is 22.2. The van der Waals surface area contributed by atoms with Crippen LogP contribution in [0.4, 0.5) is 0 Å². The Hall–Kier alpha value is -0.890. The molecule has 1 saturated carbocycles. The molecule has 2 aliphatic rings. The van der Waals surface area contributed by atoms with Crippen LogP contribution in [0.2, 0.25) is 0 Å². The van der Waals surface area contributed by atoms with Crippen LogP contribution in [0.3, 0.4) is 0 Å². The van der Waals surface area contributed by atoms with E-state index in [1.165, 1.54) is 48.9 Å². The van der Waals surface area contributed by atoms with Gasteiger partial charge in [-0.15, -0.1) is 0 Å². The lowest BCUT2D eigenvalue weighted by atomic mass is 9.93. The van der Waals surface area contributed by atoms with Crippen molar-refractivity contribution < 1.29 is 0 Å². The molecule has 1 aromatic rings. The fraction of sp³-hybridized carbons (Fsp3) is 0.615. The topological polar surface area (TPSA) is 38.9 Å². The van der Waals surface area contributed by atoms with Gasteiger partial charge in [0.05, 0.1) is 0 Å². The Morgan fingerprint density at radius 3 is 2.87 bits per heavy atom. The van der Waals surface area contributed by atoms with Crippen LogP contribution in [0, 0.1) is 5.92 Å². The van der Waals surface area contributed by atoms with E-state index < -0.39 is 0 Å². The van der Waals surface area contributed by atoms with Gasteiger partial charge in [-0.05, 0) is 55.6 Å². The number of aryl methyl sites for hydroxylation is 2. The van der Waals surface area contributed by atoms with Gasteiger partial charge in [-0.2, -0.15) is 0 Å². The van der Waals surface area contributed by atoms with Crippen molar-refractivity contribution in [1.82, 2.24) is 4.98 Å². The second-order valence-corrected chi connectivity index (χ2v) is 4.94. The number of hydrogen-bond donors (Lipinski definition) is 1. The van der Waals surface area contributed by atoms with Crippen LogP contribution in [0.1, 0.15) is 48.5 Å². The third kappa shape index (κ3) is 1.78. The fourth-order valence-corrected chi connectivity index (χ4v) is 2.52. The Morgan fingerprint density at radius 1 is 1.27 bits per heavy atom. The van der Waals surface area contributed by atoms with Crippen molar-refractivity contribution in [1.29, 1.82) is 0 Å². The molecule has 0 spiro atoms. The number of fused-ring (bicyclic) bond motifs is 1. The molecule has 0 aliphatic heterocycles. The predicted molar refractivity (Wildman–Crippen MR) is 60.5 cm³/mol. The number of nitrogens with two attached hydrogens (primary N) is 1. The Kier molecular flexibility index (Phi) is 2.24. The number of hydrogen-bond acceptors (Lipinski definition) is 2. The highest BCUT2D eigenvalue weighted by molar-refractivity contribution is 5.29. The molecular weight excluding hydrogens is 184 g/mol. The molecule has 3 rings (SSSR count). The fourth-order valence-electron chi connectivity index (χ4n) is 2.52. The van der Waals surface area contributed by atoms with Crippen molar-refractivity contribution in [2.24, 2.45) is 11.7 Å². The van der Waals surface area contributed by atoms with Crippen molar-refractivity contribution in [3.63, 3.8) is 0 Å². The van der Waals surface area contributed by atoms with Crippen LogP contribution in [0.25, 0.3) is 0 Å². The second kappa shape index (κ2) is 3.60. The standard InChI is InChI=1S/C13H18N2/c14-13(9-5-6-9)11-7-10-3-1-2-4-12(10)15-8-11/h7-9,13H,1-6,14H2/t13-/m1/s1. The zero-order valence-corrected chi connectivity index (χ0v) is 9.08. The number of pyridine rings is 1. The third-order valence-corrected chi connectivity index (χ3v) is 3.71. The summed E-state index contributed by atoms with van der Waals surface area (Å²) in [7, 11) is 0. The Labute approximate surface area is 90.9 Å². The van der Waals surface area contributed by atoms with E-state index in [0.717, 1.165) is 12.3 Å². The molecule has 0 aromatic carbocycles. The number of nitrogens with zero attached hydrogens (tertiary/aromatic N) is 1. The molecule has 0 amide bonds. The SMILES string of the molecule is N[C@@H](c1cnc2c(c1)CCCC2)C1CC1. The van der Waals surface area contributed by atoms with Gasteiger partial charge in [0, 0.05) is 17.9 Å². The number of aromatic nitrogens is 1. The molecule has 2 heteroatoms. The minimum absolute atomic E-state index is 0.240. The lowest BCUT2D eigenvalue weighted by Crippen LogP contribution is -2.15. The smallest absolute Gasteiger partial charge is 0.0435 e. The van der Waals surface area contributed by atoms with Gasteiger partial charge in [-0.3, -0.25) is 4.98 Å². The van der Waals surface area contributed by atoms with Crippen LogP contribution >= 0.6 is 0 Å². The van der Waals surface area contributed by atoms with Gasteiger partial charge < -0.3 is 5.73 Å². The summed E-state index contributed by atoms with van der Waals surface area (Å²) in [5.41, 5.74) is 10.2. The maximum atomic E-state index is 6.19. The largest absolute Gasteiger partial charge is 0.324 e. The molecule has 1 aromatic heterocycles. The first-order chi connectivity index (χ1) is 7.34. The zero-order valence-electron chi connectivity index (χ0n) is 9.08. The molecule has 1 fully saturated rings. The van der Waals surface area contributed by atoms with Crippen LogP contribution in [0.15, 0.2) is 12.3 Å². The summed E-state index contributed by atoms with van der Waals surface area (Å²) in [4.78, 5) is 4.57. The van der Waals surface area contributed by atoms with Crippen molar-refractivity contribution in [2.45, 2.75) is 44.6 Å². The molecule has 1 atom stereocenters. The molecule has 1 heterocycles. The molecule has 0 unspecified atom stereocenters. The third-order valence-electron chi connectivity index (χ3n) is 3.71. The maximum Gasteiger partial charge on any atom is 0.0435 e. The van der Waals surface area contributed by atoms with Crippen molar-refractivity contribution in [3.05, 3.63) is 29.1 Å². The Balaban J connectivity index is 1.89. The Morgan fingerprint density at radius 2 is 2.07 bits per heavy atom. The highest BCUT2D eigenvalue weighted by Gasteiger charge is 2.30. The van der Waals surface area contributed by atoms with Gasteiger partial charge in [0.1, 0.15) is 0 Å². The van der Waals surface area contributed by atoms with E-state index in [1.807, 2.05) is 6.20 Å². The van der Waals surface area contributed by atoms with Crippen molar-refractivity contribution >= 4 is 0 Å². The average molecular weight is 202 g/mol. The highest BCUT2D eigenvalue weighted by atomic mass is 14.7. The van der Waals surface area contributed by atoms with E-state index in [1.54, 1.807) is 0 Å². The molecule has 2 aliphatic carbocycles. The maximum absolute atomic E-state index is 6.19. The summed E-state index contributed by atoms with van der Waals surface area (Å²) in [5, 5.41) is 0. The van der Waals surface area contributed by atoms with E-state index in [4.69, 9.17) is 5.73 Å². The Bertz CT molecular complexity index is 369. The van der Waals surface area contributed by atoms with Gasteiger partial charge >= 0.3 is 0 Å². The lowest BCUT2D eigenvalue weighted by molar-refractivity contribution is 0.618. The van der Waals surface area contributed by atoms with Crippen LogP contribution in [0.5, 0.6) is 0 Å². The first-order valence-corrected chi connectivity index (χ1v) is 6.08. The number of rotatable bonds is 2. The minimum Gasteiger partial charge on any atom is -0.324 e. The van der Waals surface area contributed by atoms with Gasteiger partial charge in [0.15, 0.2) is 0 Å². The second-order valence-electron chi connectivity index (χ2n) is 4.94. The summed E-state index contributed by atoms with van der Waals surface area (Å²) in [6, 6.07) is 2.55. The average Bonchev–Trinajstić information content (AvgIpc) is 3.11. The quantitative estimate of drug-likeness (QED) is 0.799. The first-order valence-electron chi connectivity index (χ1n) is 6.08. The lowest BCUT2D eigenvalue weighted by Gasteiger charge is -2.17. The molecule has 0 saturated heterocycles. The van der Waals surface area contributed by atoms with Gasteiger partial charge in [-0.25, -0.2) is 0 Å². The van der Waals surface area contributed by atoms with Gasteiger partial charge in [0.25, 0.3) is 0 Å². The summed E-state index contributed by atoms with van der Waals surface area (Å²) in [5.74, 6) is 0.730. The van der Waals surface area contributed by atoms with Gasteiger partial charge in [0.2, 0.25) is 0 Å². The molecule has 2 N–H and O–H groups in total. The van der Waals surface area contributed by atoms with Crippen molar-refractivity contribution in [3.8, 4) is 0 Å². The monoisotopic (exact) mass is 202 g/mol.